The number of rotatable bonds is 6. The van der Waals surface area contributed by atoms with E-state index >= 15 is 0 Å². The zero-order valence-electron chi connectivity index (χ0n) is 15.8. The van der Waals surface area contributed by atoms with E-state index in [-0.39, 0.29) is 0 Å². The van der Waals surface area contributed by atoms with E-state index in [9.17, 15) is 0 Å². The first-order valence-electron chi connectivity index (χ1n) is 8.64. The van der Waals surface area contributed by atoms with E-state index in [1.807, 2.05) is 60.0 Å². The second-order valence-electron chi connectivity index (χ2n) is 4.20. The smallest absolute Gasteiger partial charge is 0.0202 e. The molecule has 0 bridgehead atoms. The fraction of sp³-hybridized carbons (Fsp3) is 0.684. The molecule has 21 heavy (non-hydrogen) atoms. The first kappa shape index (κ1) is 25.1. The van der Waals surface area contributed by atoms with Crippen LogP contribution in [0, 0.1) is 0 Å². The van der Waals surface area contributed by atoms with E-state index in [2.05, 4.69) is 36.6 Å². The third kappa shape index (κ3) is 19.1. The fourth-order valence-corrected chi connectivity index (χ4v) is 1.70. The predicted octanol–water partition coefficient (Wildman–Crippen LogP) is 5.24. The second-order valence-corrected chi connectivity index (χ2v) is 4.20. The van der Waals surface area contributed by atoms with E-state index < -0.39 is 0 Å². The molecule has 0 radical (unpaired) electrons. The molecule has 2 N–H and O–H groups in total. The summed E-state index contributed by atoms with van der Waals surface area (Å²) in [4.78, 5) is 0. The van der Waals surface area contributed by atoms with Crippen molar-refractivity contribution in [3.63, 3.8) is 0 Å². The molecule has 0 spiro atoms. The second kappa shape index (κ2) is 24.2. The van der Waals surface area contributed by atoms with Crippen LogP contribution in [0.4, 0.5) is 0 Å². The summed E-state index contributed by atoms with van der Waals surface area (Å²) in [6.07, 6.45) is 3.86. The van der Waals surface area contributed by atoms with Crippen LogP contribution in [0.3, 0.4) is 0 Å². The van der Waals surface area contributed by atoms with Crippen LogP contribution in [0.5, 0.6) is 0 Å². The Hall–Kier alpha value is -0.860. The van der Waals surface area contributed by atoms with Crippen molar-refractivity contribution < 1.29 is 0 Å². The molecule has 1 atom stereocenters. The normalized spacial score (nSPS) is 9.90. The van der Waals surface area contributed by atoms with Gasteiger partial charge in [-0.05, 0) is 32.5 Å². The van der Waals surface area contributed by atoms with Crippen molar-refractivity contribution in [3.8, 4) is 0 Å². The third-order valence-electron chi connectivity index (χ3n) is 2.76. The third-order valence-corrected chi connectivity index (χ3v) is 2.76. The van der Waals surface area contributed by atoms with Gasteiger partial charge in [-0.2, -0.15) is 0 Å². The molecule has 0 aliphatic rings. The summed E-state index contributed by atoms with van der Waals surface area (Å²) in [7, 11) is 3.98. The molecule has 0 aliphatic carbocycles. The van der Waals surface area contributed by atoms with Gasteiger partial charge in [-0.15, -0.1) is 0 Å². The van der Waals surface area contributed by atoms with Gasteiger partial charge in [0.15, 0.2) is 0 Å². The topological polar surface area (TPSA) is 24.1 Å². The average molecular weight is 297 g/mol. The van der Waals surface area contributed by atoms with Crippen molar-refractivity contribution >= 4 is 0 Å². The Morgan fingerprint density at radius 2 is 1.43 bits per heavy atom. The molecule has 1 aromatic rings. The minimum Gasteiger partial charge on any atom is -0.317 e. The Balaban J connectivity index is -0.000000251. The van der Waals surface area contributed by atoms with Crippen molar-refractivity contribution in [2.75, 3.05) is 14.1 Å². The highest BCUT2D eigenvalue weighted by molar-refractivity contribution is 5.13. The molecule has 126 valence electrons. The van der Waals surface area contributed by atoms with Gasteiger partial charge in [0.05, 0.1) is 0 Å². The molecule has 0 saturated carbocycles. The molecule has 0 saturated heterocycles. The molecule has 0 amide bonds. The summed E-state index contributed by atoms with van der Waals surface area (Å²) in [5.41, 5.74) is 1.33. The molecular weight excluding hydrogens is 256 g/mol. The molecule has 2 nitrogen and oxygen atoms in total. The molecule has 1 rings (SSSR count). The lowest BCUT2D eigenvalue weighted by molar-refractivity contribution is 0.503. The van der Waals surface area contributed by atoms with Crippen LogP contribution in [0.25, 0.3) is 0 Å². The monoisotopic (exact) mass is 296 g/mol. The number of hydrogen-bond donors (Lipinski definition) is 2. The van der Waals surface area contributed by atoms with Crippen molar-refractivity contribution in [2.24, 2.45) is 0 Å². The Morgan fingerprint density at radius 1 is 0.905 bits per heavy atom. The molecule has 0 heterocycles. The summed E-state index contributed by atoms with van der Waals surface area (Å²) >= 11 is 0. The minimum atomic E-state index is 0.750. The summed E-state index contributed by atoms with van der Waals surface area (Å²) in [6.45, 7) is 13.4. The van der Waals surface area contributed by atoms with Crippen LogP contribution in [0.1, 0.15) is 66.4 Å². The largest absolute Gasteiger partial charge is 0.317 e. The standard InChI is InChI=1S/C8H11N.C7H17N.2C2H6/c1-9-7-8-5-3-2-4-6-8;1-4-6-7(5-2)8-3;2*1-2/h2-6,9H,7H2,1H3;7-8H,4-6H2,1-3H3;2*1-2H3. The van der Waals surface area contributed by atoms with Gasteiger partial charge >= 0.3 is 0 Å². The van der Waals surface area contributed by atoms with Crippen LogP contribution < -0.4 is 10.6 Å². The van der Waals surface area contributed by atoms with Gasteiger partial charge in [0.25, 0.3) is 0 Å². The molecule has 2 heteroatoms. The molecular formula is C19H40N2. The fourth-order valence-electron chi connectivity index (χ4n) is 1.70. The van der Waals surface area contributed by atoms with E-state index in [1.165, 1.54) is 24.8 Å². The maximum absolute atomic E-state index is 3.25. The van der Waals surface area contributed by atoms with Crippen molar-refractivity contribution in [1.29, 1.82) is 0 Å². The van der Waals surface area contributed by atoms with E-state index in [1.54, 1.807) is 0 Å². The van der Waals surface area contributed by atoms with Crippen LogP contribution in [0.2, 0.25) is 0 Å². The molecule has 1 unspecified atom stereocenters. The van der Waals surface area contributed by atoms with Crippen molar-refractivity contribution in [2.45, 2.75) is 73.4 Å². The van der Waals surface area contributed by atoms with Gasteiger partial charge in [0.1, 0.15) is 0 Å². The van der Waals surface area contributed by atoms with Gasteiger partial charge < -0.3 is 10.6 Å². The maximum Gasteiger partial charge on any atom is 0.0202 e. The summed E-state index contributed by atoms with van der Waals surface area (Å²) in [6, 6.07) is 11.1. The van der Waals surface area contributed by atoms with Crippen LogP contribution >= 0.6 is 0 Å². The number of hydrogen-bond acceptors (Lipinski definition) is 2. The summed E-state index contributed by atoms with van der Waals surface area (Å²) < 4.78 is 0. The highest BCUT2D eigenvalue weighted by Gasteiger charge is 1.97. The summed E-state index contributed by atoms with van der Waals surface area (Å²) in [5.74, 6) is 0. The van der Waals surface area contributed by atoms with Crippen molar-refractivity contribution in [1.82, 2.24) is 10.6 Å². The minimum absolute atomic E-state index is 0.750. The zero-order chi connectivity index (χ0) is 16.9. The Labute approximate surface area is 134 Å². The zero-order valence-corrected chi connectivity index (χ0v) is 15.8. The highest BCUT2D eigenvalue weighted by Crippen LogP contribution is 1.98. The van der Waals surface area contributed by atoms with E-state index in [4.69, 9.17) is 0 Å². The Bertz CT molecular complexity index is 243. The SMILES string of the molecule is CC.CC.CCCC(CC)NC.CNCc1ccccc1. The molecule has 0 fully saturated rings. The Kier molecular flexibility index (Phi) is 28.9. The number of nitrogens with one attached hydrogen (secondary N) is 2. The van der Waals surface area contributed by atoms with Crippen LogP contribution in [0.15, 0.2) is 30.3 Å². The first-order valence-corrected chi connectivity index (χ1v) is 8.64. The molecule has 0 aliphatic heterocycles. The number of benzene rings is 1. The van der Waals surface area contributed by atoms with E-state index in [0.29, 0.717) is 0 Å². The lowest BCUT2D eigenvalue weighted by atomic mass is 10.1. The Morgan fingerprint density at radius 3 is 1.71 bits per heavy atom. The van der Waals surface area contributed by atoms with Gasteiger partial charge in [-0.25, -0.2) is 0 Å². The maximum atomic E-state index is 3.25. The summed E-state index contributed by atoms with van der Waals surface area (Å²) in [5, 5.41) is 6.34. The molecule has 1 aromatic carbocycles. The lowest BCUT2D eigenvalue weighted by Gasteiger charge is -2.10. The van der Waals surface area contributed by atoms with Gasteiger partial charge in [0.2, 0.25) is 0 Å². The first-order chi connectivity index (χ1) is 10.3. The lowest BCUT2D eigenvalue weighted by Crippen LogP contribution is -2.23. The quantitative estimate of drug-likeness (QED) is 0.750. The van der Waals surface area contributed by atoms with Gasteiger partial charge in [0, 0.05) is 12.6 Å². The van der Waals surface area contributed by atoms with E-state index in [0.717, 1.165) is 12.6 Å². The van der Waals surface area contributed by atoms with Gasteiger partial charge in [-0.3, -0.25) is 0 Å². The van der Waals surface area contributed by atoms with Gasteiger partial charge in [-0.1, -0.05) is 78.3 Å². The highest BCUT2D eigenvalue weighted by atomic mass is 14.9. The molecule has 0 aromatic heterocycles. The van der Waals surface area contributed by atoms with Crippen molar-refractivity contribution in [3.05, 3.63) is 35.9 Å². The van der Waals surface area contributed by atoms with Crippen LogP contribution in [-0.2, 0) is 6.54 Å². The van der Waals surface area contributed by atoms with Crippen LogP contribution in [-0.4, -0.2) is 20.1 Å². The average Bonchev–Trinajstić information content (AvgIpc) is 2.58. The predicted molar refractivity (Wildman–Crippen MR) is 99.9 cm³/mol.